The Morgan fingerprint density at radius 1 is 0.556 bits per heavy atom. The molecule has 262 valence electrons. The second-order valence-corrected chi connectivity index (χ2v) is 8.88. The molecule has 1 rings (SSSR count). The van der Waals surface area contributed by atoms with Crippen LogP contribution in [0.15, 0.2) is 18.2 Å². The summed E-state index contributed by atoms with van der Waals surface area (Å²) in [5.74, 6) is -1.00. The monoisotopic (exact) mass is 659 g/mol. The third-order valence-corrected chi connectivity index (χ3v) is 5.39. The van der Waals surface area contributed by atoms with Gasteiger partial charge in [0.05, 0.1) is 137 Å². The second-order valence-electron chi connectivity index (χ2n) is 8.88. The number of nitrogens with two attached hydrogens (primary N) is 1. The lowest BCUT2D eigenvalue weighted by Gasteiger charge is -2.13. The minimum absolute atomic E-state index is 0.00971. The summed E-state index contributed by atoms with van der Waals surface area (Å²) in [6, 6.07) is 2.71. The maximum Gasteiger partial charge on any atom is 0.416 e. The fourth-order valence-corrected chi connectivity index (χ4v) is 3.24. The predicted octanol–water partition coefficient (Wildman–Crippen LogP) is 1.98. The van der Waals surface area contributed by atoms with Gasteiger partial charge in [-0.2, -0.15) is 13.2 Å². The van der Waals surface area contributed by atoms with E-state index in [-0.39, 0.29) is 31.1 Å². The standard InChI is InChI=1S/C29H48F3NO12/c1-35-28(34)25-22-26(29(30,31)32)24-27(23-25)45-21-20-44-19-18-43-17-16-42-15-14-41-13-12-40-11-10-39-9-8-38-7-6-37-5-4-36-3-2-33/h22-24H,2-21,33H2,1H3. The van der Waals surface area contributed by atoms with E-state index in [9.17, 15) is 18.0 Å². The number of esters is 1. The summed E-state index contributed by atoms with van der Waals surface area (Å²) in [5.41, 5.74) is 4.06. The molecule has 0 saturated heterocycles. The fourth-order valence-electron chi connectivity index (χ4n) is 3.24. The zero-order valence-electron chi connectivity index (χ0n) is 26.0. The van der Waals surface area contributed by atoms with Crippen molar-refractivity contribution in [3.8, 4) is 5.75 Å². The summed E-state index contributed by atoms with van der Waals surface area (Å²) in [5, 5.41) is 0. The lowest BCUT2D eigenvalue weighted by atomic mass is 10.1. The third kappa shape index (κ3) is 23.8. The highest BCUT2D eigenvalue weighted by atomic mass is 19.4. The summed E-state index contributed by atoms with van der Waals surface area (Å²) in [6.45, 7) is 8.20. The van der Waals surface area contributed by atoms with Crippen LogP contribution in [0.25, 0.3) is 0 Å². The van der Waals surface area contributed by atoms with Crippen LogP contribution in [-0.2, 0) is 53.5 Å². The molecule has 0 bridgehead atoms. The number of alkyl halides is 3. The SMILES string of the molecule is COC(=O)c1cc(OCCOCCOCCOCCOCCOCCOCCOCCOCCOCCN)cc(C(F)(F)F)c1. The second kappa shape index (κ2) is 28.1. The lowest BCUT2D eigenvalue weighted by Crippen LogP contribution is -2.15. The molecule has 0 aliphatic carbocycles. The first kappa shape index (κ1) is 40.9. The molecule has 0 atom stereocenters. The van der Waals surface area contributed by atoms with Crippen molar-refractivity contribution in [2.45, 2.75) is 6.18 Å². The molecule has 13 nitrogen and oxygen atoms in total. The molecule has 0 aliphatic rings. The van der Waals surface area contributed by atoms with Gasteiger partial charge in [0.1, 0.15) is 12.4 Å². The van der Waals surface area contributed by atoms with Gasteiger partial charge in [0.2, 0.25) is 0 Å². The van der Waals surface area contributed by atoms with E-state index < -0.39 is 17.7 Å². The molecular formula is C29H48F3NO12. The zero-order chi connectivity index (χ0) is 32.9. The van der Waals surface area contributed by atoms with Crippen LogP contribution in [0, 0.1) is 0 Å². The average Bonchev–Trinajstić information content (AvgIpc) is 3.03. The molecule has 2 N–H and O–H groups in total. The molecule has 0 spiro atoms. The van der Waals surface area contributed by atoms with Gasteiger partial charge in [0, 0.05) is 6.54 Å². The Morgan fingerprint density at radius 2 is 0.889 bits per heavy atom. The number of hydrogen-bond donors (Lipinski definition) is 1. The van der Waals surface area contributed by atoms with Gasteiger partial charge in [-0.25, -0.2) is 4.79 Å². The van der Waals surface area contributed by atoms with Gasteiger partial charge in [-0.15, -0.1) is 0 Å². The van der Waals surface area contributed by atoms with Crippen molar-refractivity contribution >= 4 is 5.97 Å². The topological polar surface area (TPSA) is 145 Å². The van der Waals surface area contributed by atoms with E-state index in [2.05, 4.69) is 4.74 Å². The highest BCUT2D eigenvalue weighted by molar-refractivity contribution is 5.90. The van der Waals surface area contributed by atoms with E-state index in [0.29, 0.717) is 118 Å². The first-order chi connectivity index (χ1) is 21.9. The molecule has 0 fully saturated rings. The van der Waals surface area contributed by atoms with Crippen LogP contribution in [0.2, 0.25) is 0 Å². The van der Waals surface area contributed by atoms with Crippen LogP contribution in [0.3, 0.4) is 0 Å². The van der Waals surface area contributed by atoms with E-state index >= 15 is 0 Å². The molecule has 0 unspecified atom stereocenters. The number of hydrogen-bond acceptors (Lipinski definition) is 13. The Morgan fingerprint density at radius 3 is 1.20 bits per heavy atom. The maximum absolute atomic E-state index is 13.1. The molecule has 0 saturated carbocycles. The Kier molecular flexibility index (Phi) is 25.6. The van der Waals surface area contributed by atoms with Crippen LogP contribution in [-0.4, -0.2) is 145 Å². The first-order valence-corrected chi connectivity index (χ1v) is 14.7. The van der Waals surface area contributed by atoms with Crippen molar-refractivity contribution in [1.82, 2.24) is 0 Å². The van der Waals surface area contributed by atoms with E-state index in [1.54, 1.807) is 0 Å². The largest absolute Gasteiger partial charge is 0.491 e. The highest BCUT2D eigenvalue weighted by Gasteiger charge is 2.32. The van der Waals surface area contributed by atoms with Gasteiger partial charge in [-0.05, 0) is 18.2 Å². The summed E-state index contributed by atoms with van der Waals surface area (Å²) >= 11 is 0. The summed E-state index contributed by atoms with van der Waals surface area (Å²) in [7, 11) is 1.08. The summed E-state index contributed by atoms with van der Waals surface area (Å²) < 4.78 is 97.4. The van der Waals surface area contributed by atoms with Crippen molar-refractivity contribution in [2.24, 2.45) is 5.73 Å². The normalized spacial score (nSPS) is 11.7. The lowest BCUT2D eigenvalue weighted by molar-refractivity contribution is -0.137. The molecule has 0 aromatic heterocycles. The number of carbonyl (C=O) groups excluding carboxylic acids is 1. The van der Waals surface area contributed by atoms with Crippen LogP contribution in [0.4, 0.5) is 13.2 Å². The van der Waals surface area contributed by atoms with Crippen LogP contribution < -0.4 is 10.5 Å². The summed E-state index contributed by atoms with van der Waals surface area (Å²) in [4.78, 5) is 11.6. The van der Waals surface area contributed by atoms with Gasteiger partial charge >= 0.3 is 12.1 Å². The quantitative estimate of drug-likeness (QED) is 0.0917. The van der Waals surface area contributed by atoms with Crippen molar-refractivity contribution in [2.75, 3.05) is 139 Å². The maximum atomic E-state index is 13.1. The van der Waals surface area contributed by atoms with Gasteiger partial charge < -0.3 is 57.8 Å². The summed E-state index contributed by atoms with van der Waals surface area (Å²) in [6.07, 6.45) is -4.63. The number of ether oxygens (including phenoxy) is 11. The first-order valence-electron chi connectivity index (χ1n) is 14.7. The number of methoxy groups -OCH3 is 1. The van der Waals surface area contributed by atoms with Gasteiger partial charge in [0.25, 0.3) is 0 Å². The molecular weight excluding hydrogens is 611 g/mol. The van der Waals surface area contributed by atoms with E-state index in [4.69, 9.17) is 53.1 Å². The molecule has 0 radical (unpaired) electrons. The Balaban J connectivity index is 1.82. The van der Waals surface area contributed by atoms with Crippen molar-refractivity contribution in [1.29, 1.82) is 0 Å². The molecule has 0 aliphatic heterocycles. The van der Waals surface area contributed by atoms with Crippen molar-refractivity contribution < 1.29 is 70.1 Å². The van der Waals surface area contributed by atoms with Crippen molar-refractivity contribution in [3.63, 3.8) is 0 Å². The molecule has 1 aromatic rings. The molecule has 16 heteroatoms. The molecule has 0 heterocycles. The van der Waals surface area contributed by atoms with E-state index in [1.165, 1.54) is 6.07 Å². The molecule has 0 amide bonds. The van der Waals surface area contributed by atoms with Crippen LogP contribution in [0.5, 0.6) is 5.75 Å². The van der Waals surface area contributed by atoms with Crippen molar-refractivity contribution in [3.05, 3.63) is 29.3 Å². The van der Waals surface area contributed by atoms with Gasteiger partial charge in [-0.1, -0.05) is 0 Å². The Hall–Kier alpha value is -2.12. The number of rotatable bonds is 31. The van der Waals surface area contributed by atoms with Gasteiger partial charge in [-0.3, -0.25) is 0 Å². The minimum atomic E-state index is -4.63. The molecule has 1 aromatic carbocycles. The highest BCUT2D eigenvalue weighted by Crippen LogP contribution is 2.32. The average molecular weight is 660 g/mol. The van der Waals surface area contributed by atoms with Gasteiger partial charge in [0.15, 0.2) is 0 Å². The Bertz CT molecular complexity index is 851. The molecule has 45 heavy (non-hydrogen) atoms. The minimum Gasteiger partial charge on any atom is -0.491 e. The smallest absolute Gasteiger partial charge is 0.416 e. The van der Waals surface area contributed by atoms with E-state index in [0.717, 1.165) is 13.2 Å². The third-order valence-electron chi connectivity index (χ3n) is 5.39. The predicted molar refractivity (Wildman–Crippen MR) is 155 cm³/mol. The number of carbonyl (C=O) groups is 1. The van der Waals surface area contributed by atoms with Crippen LogP contribution >= 0.6 is 0 Å². The zero-order valence-corrected chi connectivity index (χ0v) is 26.0. The fraction of sp³-hybridized carbons (Fsp3) is 0.759. The Labute approximate surface area is 262 Å². The van der Waals surface area contributed by atoms with E-state index in [1.807, 2.05) is 0 Å². The van der Waals surface area contributed by atoms with Crippen LogP contribution in [0.1, 0.15) is 15.9 Å². The number of benzene rings is 1. The number of halogens is 3.